The minimum absolute atomic E-state index is 0.308. The number of carbonyl (C=O) groups is 1. The number of nitrogens with two attached hydrogens (primary N) is 1. The van der Waals surface area contributed by atoms with Gasteiger partial charge in [0.05, 0.1) is 11.8 Å². The first-order valence-corrected chi connectivity index (χ1v) is 5.17. The maximum atomic E-state index is 11.9. The molecule has 0 bridgehead atoms. The van der Waals surface area contributed by atoms with Crippen molar-refractivity contribution in [2.24, 2.45) is 0 Å². The summed E-state index contributed by atoms with van der Waals surface area (Å²) >= 11 is 5.80. The van der Waals surface area contributed by atoms with Crippen molar-refractivity contribution in [1.82, 2.24) is 9.97 Å². The fourth-order valence-corrected chi connectivity index (χ4v) is 1.44. The van der Waals surface area contributed by atoms with Crippen molar-refractivity contribution in [3.63, 3.8) is 0 Å². The molecule has 0 aliphatic rings. The van der Waals surface area contributed by atoms with E-state index >= 15 is 0 Å². The predicted octanol–water partition coefficient (Wildman–Crippen LogP) is 1.96. The molecule has 0 aliphatic heterocycles. The van der Waals surface area contributed by atoms with E-state index in [1.54, 1.807) is 12.1 Å². The number of hydrogen-bond donors (Lipinski definition) is 2. The van der Waals surface area contributed by atoms with Crippen LogP contribution in [0.3, 0.4) is 0 Å². The normalized spacial score (nSPS) is 9.94. The lowest BCUT2D eigenvalue weighted by atomic mass is 10.1. The van der Waals surface area contributed by atoms with Crippen molar-refractivity contribution < 1.29 is 4.79 Å². The van der Waals surface area contributed by atoms with Crippen molar-refractivity contribution in [2.45, 2.75) is 0 Å². The lowest BCUT2D eigenvalue weighted by Crippen LogP contribution is -2.14. The molecular formula is C11H9ClN4O. The fourth-order valence-electron chi connectivity index (χ4n) is 1.27. The van der Waals surface area contributed by atoms with Gasteiger partial charge in [-0.15, -0.1) is 0 Å². The van der Waals surface area contributed by atoms with E-state index in [1.165, 1.54) is 24.7 Å². The number of anilines is 2. The number of amides is 1. The molecule has 2 aromatic rings. The highest BCUT2D eigenvalue weighted by molar-refractivity contribution is 6.31. The average Bonchev–Trinajstić information content (AvgIpc) is 2.33. The molecule has 0 fully saturated rings. The Labute approximate surface area is 103 Å². The Kier molecular flexibility index (Phi) is 3.20. The Hall–Kier alpha value is -2.14. The van der Waals surface area contributed by atoms with Crippen LogP contribution in [0.5, 0.6) is 0 Å². The lowest BCUT2D eigenvalue weighted by molar-refractivity contribution is 0.102. The second-order valence-corrected chi connectivity index (χ2v) is 3.71. The topological polar surface area (TPSA) is 80.9 Å². The van der Waals surface area contributed by atoms with Gasteiger partial charge in [0.15, 0.2) is 5.82 Å². The highest BCUT2D eigenvalue weighted by atomic mass is 35.5. The maximum Gasteiger partial charge on any atom is 0.259 e. The molecule has 0 radical (unpaired) electrons. The first-order chi connectivity index (χ1) is 8.16. The van der Waals surface area contributed by atoms with Crippen molar-refractivity contribution in [2.75, 3.05) is 11.1 Å². The van der Waals surface area contributed by atoms with Crippen LogP contribution in [0.2, 0.25) is 5.02 Å². The molecule has 17 heavy (non-hydrogen) atoms. The summed E-state index contributed by atoms with van der Waals surface area (Å²) in [7, 11) is 0. The Morgan fingerprint density at radius 1 is 1.35 bits per heavy atom. The van der Waals surface area contributed by atoms with Gasteiger partial charge in [-0.3, -0.25) is 9.78 Å². The summed E-state index contributed by atoms with van der Waals surface area (Å²) in [5.41, 5.74) is 6.35. The number of carbonyl (C=O) groups excluding carboxylic acids is 1. The SMILES string of the molecule is Nc1ccc(Cl)cc1C(=O)Nc1cnccn1. The van der Waals surface area contributed by atoms with Gasteiger partial charge in [0.25, 0.3) is 5.91 Å². The number of aromatic nitrogens is 2. The summed E-state index contributed by atoms with van der Waals surface area (Å²) in [6.45, 7) is 0. The first-order valence-electron chi connectivity index (χ1n) is 4.79. The van der Waals surface area contributed by atoms with Crippen LogP contribution in [-0.2, 0) is 0 Å². The van der Waals surface area contributed by atoms with Crippen molar-refractivity contribution in [1.29, 1.82) is 0 Å². The number of hydrogen-bond acceptors (Lipinski definition) is 4. The standard InChI is InChI=1S/C11H9ClN4O/c12-7-1-2-9(13)8(5-7)11(17)16-10-6-14-3-4-15-10/h1-6H,13H2,(H,15,16,17). The third kappa shape index (κ3) is 2.70. The summed E-state index contributed by atoms with van der Waals surface area (Å²) in [4.78, 5) is 19.6. The molecule has 0 saturated heterocycles. The van der Waals surface area contributed by atoms with Gasteiger partial charge >= 0.3 is 0 Å². The van der Waals surface area contributed by atoms with Gasteiger partial charge in [-0.25, -0.2) is 4.98 Å². The summed E-state index contributed by atoms with van der Waals surface area (Å²) in [5, 5.41) is 3.02. The van der Waals surface area contributed by atoms with Crippen LogP contribution >= 0.6 is 11.6 Å². The second kappa shape index (κ2) is 4.80. The van der Waals surface area contributed by atoms with Crippen LogP contribution in [0.1, 0.15) is 10.4 Å². The first kappa shape index (κ1) is 11.3. The van der Waals surface area contributed by atoms with E-state index in [9.17, 15) is 4.79 Å². The molecule has 0 spiro atoms. The molecule has 3 N–H and O–H groups in total. The Balaban J connectivity index is 2.23. The number of rotatable bonds is 2. The summed E-state index contributed by atoms with van der Waals surface area (Å²) in [6, 6.07) is 4.70. The molecule has 0 saturated carbocycles. The van der Waals surface area contributed by atoms with Crippen LogP contribution in [-0.4, -0.2) is 15.9 Å². The summed E-state index contributed by atoms with van der Waals surface area (Å²) < 4.78 is 0. The Morgan fingerprint density at radius 2 is 2.18 bits per heavy atom. The van der Waals surface area contributed by atoms with Gasteiger partial charge < -0.3 is 11.1 Å². The van der Waals surface area contributed by atoms with E-state index in [-0.39, 0.29) is 5.91 Å². The van der Waals surface area contributed by atoms with Gasteiger partial charge in [-0.2, -0.15) is 0 Å². The smallest absolute Gasteiger partial charge is 0.259 e. The van der Waals surface area contributed by atoms with E-state index in [0.717, 1.165) is 0 Å². The molecule has 0 aliphatic carbocycles. The molecule has 6 heteroatoms. The zero-order chi connectivity index (χ0) is 12.3. The molecule has 86 valence electrons. The predicted molar refractivity (Wildman–Crippen MR) is 65.8 cm³/mol. The lowest BCUT2D eigenvalue weighted by Gasteiger charge is -2.06. The number of halogens is 1. The molecule has 5 nitrogen and oxygen atoms in total. The maximum absolute atomic E-state index is 11.9. The third-order valence-electron chi connectivity index (χ3n) is 2.06. The van der Waals surface area contributed by atoms with Crippen LogP contribution < -0.4 is 11.1 Å². The van der Waals surface area contributed by atoms with Gasteiger partial charge in [0, 0.05) is 23.1 Å². The van der Waals surface area contributed by atoms with Crippen LogP contribution in [0, 0.1) is 0 Å². The van der Waals surface area contributed by atoms with E-state index in [1.807, 2.05) is 0 Å². The average molecular weight is 249 g/mol. The van der Waals surface area contributed by atoms with E-state index in [2.05, 4.69) is 15.3 Å². The van der Waals surface area contributed by atoms with Crippen LogP contribution in [0.4, 0.5) is 11.5 Å². The molecular weight excluding hydrogens is 240 g/mol. The van der Waals surface area contributed by atoms with Gasteiger partial charge in [-0.05, 0) is 18.2 Å². The van der Waals surface area contributed by atoms with Gasteiger partial charge in [-0.1, -0.05) is 11.6 Å². The fraction of sp³-hybridized carbons (Fsp3) is 0. The van der Waals surface area contributed by atoms with Gasteiger partial charge in [0.2, 0.25) is 0 Å². The minimum atomic E-state index is -0.370. The largest absolute Gasteiger partial charge is 0.398 e. The van der Waals surface area contributed by atoms with Crippen LogP contribution in [0.15, 0.2) is 36.8 Å². The third-order valence-corrected chi connectivity index (χ3v) is 2.30. The van der Waals surface area contributed by atoms with E-state index in [0.29, 0.717) is 22.1 Å². The minimum Gasteiger partial charge on any atom is -0.398 e. The molecule has 0 unspecified atom stereocenters. The van der Waals surface area contributed by atoms with Crippen molar-refractivity contribution >= 4 is 29.0 Å². The monoisotopic (exact) mass is 248 g/mol. The number of nitrogen functional groups attached to an aromatic ring is 1. The van der Waals surface area contributed by atoms with Crippen LogP contribution in [0.25, 0.3) is 0 Å². The molecule has 1 heterocycles. The molecule has 1 amide bonds. The molecule has 0 atom stereocenters. The van der Waals surface area contributed by atoms with Crippen molar-refractivity contribution in [3.8, 4) is 0 Å². The molecule has 1 aromatic heterocycles. The zero-order valence-corrected chi connectivity index (χ0v) is 9.48. The number of nitrogens with zero attached hydrogens (tertiary/aromatic N) is 2. The quantitative estimate of drug-likeness (QED) is 0.796. The Morgan fingerprint density at radius 3 is 2.88 bits per heavy atom. The molecule has 1 aromatic carbocycles. The Bertz CT molecular complexity index is 544. The summed E-state index contributed by atoms with van der Waals surface area (Å²) in [6.07, 6.45) is 4.44. The highest BCUT2D eigenvalue weighted by Crippen LogP contribution is 2.18. The second-order valence-electron chi connectivity index (χ2n) is 3.28. The summed E-state index contributed by atoms with van der Waals surface area (Å²) in [5.74, 6) is -0.0117. The zero-order valence-electron chi connectivity index (χ0n) is 8.72. The van der Waals surface area contributed by atoms with Crippen molar-refractivity contribution in [3.05, 3.63) is 47.4 Å². The number of nitrogens with one attached hydrogen (secondary N) is 1. The molecule has 2 rings (SSSR count). The van der Waals surface area contributed by atoms with E-state index in [4.69, 9.17) is 17.3 Å². The highest BCUT2D eigenvalue weighted by Gasteiger charge is 2.10. The van der Waals surface area contributed by atoms with Gasteiger partial charge in [0.1, 0.15) is 0 Å². The number of benzene rings is 1. The van der Waals surface area contributed by atoms with E-state index < -0.39 is 0 Å².